The van der Waals surface area contributed by atoms with Crippen molar-refractivity contribution in [1.82, 2.24) is 0 Å². The van der Waals surface area contributed by atoms with Crippen LogP contribution in [0.3, 0.4) is 0 Å². The second-order valence-electron chi connectivity index (χ2n) is 2.32. The number of thioether (sulfide) groups is 1. The lowest BCUT2D eigenvalue weighted by atomic mass is 10.2. The first-order valence-corrected chi connectivity index (χ1v) is 4.28. The minimum Gasteiger partial charge on any atom is -0.365 e. The van der Waals surface area contributed by atoms with E-state index in [2.05, 4.69) is 6.92 Å². The Labute approximate surface area is 64.9 Å². The molecule has 1 aliphatic heterocycles. The van der Waals surface area contributed by atoms with Crippen LogP contribution in [0.5, 0.6) is 0 Å². The zero-order valence-electron chi connectivity index (χ0n) is 5.96. The van der Waals surface area contributed by atoms with Crippen LogP contribution in [-0.2, 0) is 4.79 Å². The number of carbonyl (C=O) groups is 1. The lowest BCUT2D eigenvalue weighted by Gasteiger charge is -2.02. The highest BCUT2D eigenvalue weighted by Gasteiger charge is 2.18. The van der Waals surface area contributed by atoms with Gasteiger partial charge in [0.15, 0.2) is 0 Å². The first-order chi connectivity index (χ1) is 4.74. The molecule has 0 aliphatic carbocycles. The van der Waals surface area contributed by atoms with Gasteiger partial charge in [0.2, 0.25) is 0 Å². The maximum Gasteiger partial charge on any atom is 0.254 e. The normalized spacial score (nSPS) is 24.5. The van der Waals surface area contributed by atoms with Crippen LogP contribution in [0.25, 0.3) is 0 Å². The summed E-state index contributed by atoms with van der Waals surface area (Å²) >= 11 is 1.61. The molecule has 0 saturated carbocycles. The lowest BCUT2D eigenvalue weighted by Crippen LogP contribution is -2.10. The molecule has 2 nitrogen and oxygen atoms in total. The zero-order valence-corrected chi connectivity index (χ0v) is 6.78. The molecule has 2 N–H and O–H groups in total. The topological polar surface area (TPSA) is 43.1 Å². The summed E-state index contributed by atoms with van der Waals surface area (Å²) in [6.07, 6.45) is 4.04. The van der Waals surface area contributed by atoms with E-state index >= 15 is 0 Å². The summed E-state index contributed by atoms with van der Waals surface area (Å²) in [6.45, 7) is 2.12. The molecule has 0 radical (unpaired) electrons. The van der Waals surface area contributed by atoms with Gasteiger partial charge in [0.25, 0.3) is 5.91 Å². The number of hydrogen-bond donors (Lipinski definition) is 1. The number of allylic oxidation sites excluding steroid dienone is 1. The first kappa shape index (κ1) is 7.66. The van der Waals surface area contributed by atoms with Crippen molar-refractivity contribution in [3.8, 4) is 0 Å². The summed E-state index contributed by atoms with van der Waals surface area (Å²) in [4.78, 5) is 11.3. The molecule has 0 fully saturated rings. The smallest absolute Gasteiger partial charge is 0.254 e. The molecule has 0 spiro atoms. The van der Waals surface area contributed by atoms with Crippen molar-refractivity contribution in [2.75, 3.05) is 0 Å². The van der Waals surface area contributed by atoms with E-state index in [0.29, 0.717) is 5.25 Å². The van der Waals surface area contributed by atoms with Gasteiger partial charge >= 0.3 is 0 Å². The molecule has 0 aromatic heterocycles. The summed E-state index contributed by atoms with van der Waals surface area (Å²) in [5.41, 5.74) is 5.09. The fourth-order valence-corrected chi connectivity index (χ4v) is 1.95. The van der Waals surface area contributed by atoms with Gasteiger partial charge in [-0.1, -0.05) is 13.0 Å². The highest BCUT2D eigenvalue weighted by molar-refractivity contribution is 8.04. The van der Waals surface area contributed by atoms with Crippen molar-refractivity contribution in [2.45, 2.75) is 25.0 Å². The lowest BCUT2D eigenvalue weighted by molar-refractivity contribution is -0.113. The van der Waals surface area contributed by atoms with E-state index in [1.54, 1.807) is 11.8 Å². The standard InChI is InChI=1S/C7H11NOS/c1-2-5-3-4-6(10-5)7(8)9/h4-5H,2-3H2,1H3,(H2,8,9). The van der Waals surface area contributed by atoms with E-state index in [-0.39, 0.29) is 5.91 Å². The number of carbonyl (C=O) groups excluding carboxylic acids is 1. The number of primary amides is 1. The molecule has 0 saturated heterocycles. The Bertz CT molecular complexity index is 176. The van der Waals surface area contributed by atoms with Gasteiger partial charge < -0.3 is 5.73 Å². The quantitative estimate of drug-likeness (QED) is 0.656. The molecule has 0 aromatic rings. The molecular weight excluding hydrogens is 146 g/mol. The second-order valence-corrected chi connectivity index (χ2v) is 3.66. The third kappa shape index (κ3) is 1.53. The fourth-order valence-electron chi connectivity index (χ4n) is 0.923. The molecule has 0 bridgehead atoms. The van der Waals surface area contributed by atoms with Crippen molar-refractivity contribution < 1.29 is 4.79 Å². The number of hydrogen-bond acceptors (Lipinski definition) is 2. The summed E-state index contributed by atoms with van der Waals surface area (Å²) in [6, 6.07) is 0. The Kier molecular flexibility index (Phi) is 2.38. The monoisotopic (exact) mass is 157 g/mol. The van der Waals surface area contributed by atoms with Crippen LogP contribution < -0.4 is 5.73 Å². The third-order valence-corrected chi connectivity index (χ3v) is 3.04. The first-order valence-electron chi connectivity index (χ1n) is 3.40. The van der Waals surface area contributed by atoms with Crippen molar-refractivity contribution in [1.29, 1.82) is 0 Å². The highest BCUT2D eigenvalue weighted by atomic mass is 32.2. The fraction of sp³-hybridized carbons (Fsp3) is 0.571. The maximum absolute atomic E-state index is 10.6. The Morgan fingerprint density at radius 2 is 2.70 bits per heavy atom. The van der Waals surface area contributed by atoms with Crippen LogP contribution in [0.2, 0.25) is 0 Å². The average Bonchev–Trinajstić information content (AvgIpc) is 2.34. The molecule has 56 valence electrons. The van der Waals surface area contributed by atoms with E-state index in [9.17, 15) is 4.79 Å². The van der Waals surface area contributed by atoms with Crippen LogP contribution in [0.15, 0.2) is 11.0 Å². The summed E-state index contributed by atoms with van der Waals surface area (Å²) in [7, 11) is 0. The van der Waals surface area contributed by atoms with Crippen molar-refractivity contribution in [3.05, 3.63) is 11.0 Å². The molecule has 0 aromatic carbocycles. The molecule has 1 unspecified atom stereocenters. The predicted molar refractivity (Wildman–Crippen MR) is 43.6 cm³/mol. The van der Waals surface area contributed by atoms with Crippen LogP contribution >= 0.6 is 11.8 Å². The van der Waals surface area contributed by atoms with Crippen LogP contribution in [0, 0.1) is 0 Å². The summed E-state index contributed by atoms with van der Waals surface area (Å²) in [5, 5.41) is 0.586. The van der Waals surface area contributed by atoms with Crippen LogP contribution in [-0.4, -0.2) is 11.2 Å². The number of nitrogens with two attached hydrogens (primary N) is 1. The van der Waals surface area contributed by atoms with E-state index < -0.39 is 0 Å². The van der Waals surface area contributed by atoms with E-state index in [0.717, 1.165) is 17.7 Å². The van der Waals surface area contributed by atoms with Crippen molar-refractivity contribution in [2.24, 2.45) is 5.73 Å². The largest absolute Gasteiger partial charge is 0.365 e. The van der Waals surface area contributed by atoms with E-state index in [1.165, 1.54) is 0 Å². The van der Waals surface area contributed by atoms with Crippen molar-refractivity contribution >= 4 is 17.7 Å². The highest BCUT2D eigenvalue weighted by Crippen LogP contribution is 2.33. The van der Waals surface area contributed by atoms with Gasteiger partial charge in [-0.05, 0) is 12.8 Å². The predicted octanol–water partition coefficient (Wildman–Crippen LogP) is 1.27. The molecule has 1 atom stereocenters. The van der Waals surface area contributed by atoms with Gasteiger partial charge in [0.05, 0.1) is 4.91 Å². The van der Waals surface area contributed by atoms with Crippen molar-refractivity contribution in [3.63, 3.8) is 0 Å². The second kappa shape index (κ2) is 3.10. The minimum atomic E-state index is -0.277. The number of rotatable bonds is 2. The van der Waals surface area contributed by atoms with Gasteiger partial charge in [-0.25, -0.2) is 0 Å². The molecule has 3 heteroatoms. The molecule has 1 heterocycles. The van der Waals surface area contributed by atoms with E-state index in [1.807, 2.05) is 6.08 Å². The molecular formula is C7H11NOS. The zero-order chi connectivity index (χ0) is 7.56. The van der Waals surface area contributed by atoms with Gasteiger partial charge in [0.1, 0.15) is 0 Å². The van der Waals surface area contributed by atoms with Crippen LogP contribution in [0.4, 0.5) is 0 Å². The third-order valence-electron chi connectivity index (χ3n) is 1.56. The van der Waals surface area contributed by atoms with Gasteiger partial charge in [-0.3, -0.25) is 4.79 Å². The van der Waals surface area contributed by atoms with E-state index in [4.69, 9.17) is 5.73 Å². The minimum absolute atomic E-state index is 0.277. The van der Waals surface area contributed by atoms with Gasteiger partial charge in [-0.2, -0.15) is 0 Å². The molecule has 10 heavy (non-hydrogen) atoms. The molecule has 1 amide bonds. The average molecular weight is 157 g/mol. The Hall–Kier alpha value is -0.440. The summed E-state index contributed by atoms with van der Waals surface area (Å²) in [5.74, 6) is -0.277. The number of amides is 1. The Balaban J connectivity index is 2.47. The summed E-state index contributed by atoms with van der Waals surface area (Å²) < 4.78 is 0. The Morgan fingerprint density at radius 3 is 3.00 bits per heavy atom. The Morgan fingerprint density at radius 1 is 2.00 bits per heavy atom. The SMILES string of the molecule is CCC1CC=C(C(N)=O)S1. The van der Waals surface area contributed by atoms with Crippen LogP contribution in [0.1, 0.15) is 19.8 Å². The van der Waals surface area contributed by atoms with Gasteiger partial charge in [-0.15, -0.1) is 11.8 Å². The van der Waals surface area contributed by atoms with Gasteiger partial charge in [0, 0.05) is 5.25 Å². The maximum atomic E-state index is 10.6. The molecule has 1 aliphatic rings. The molecule has 1 rings (SSSR count).